The predicted molar refractivity (Wildman–Crippen MR) is 224 cm³/mol. The first-order chi connectivity index (χ1) is 26.2. The standard InChI is InChI=1S/C52H51NO/c1-50(2)24-25-51(3,4)45-31-37(18-22-43(45)50)35-16-19-40(20-17-35)53(47-14-9-11-36-10-5-6-12-42(36)47)41-21-23-49-46(32-41)52(44-13-7-8-15-48(44)54-49)38-27-33-26-34(29-38)30-39(52)28-33/h5-23,31-34,38-39H,24-30H2,1-4H3. The molecule has 0 radical (unpaired) electrons. The van der Waals surface area contributed by atoms with Gasteiger partial charge in [0, 0.05) is 33.3 Å². The fourth-order valence-corrected chi connectivity index (χ4v) is 12.4. The number of ether oxygens (including phenoxy) is 1. The van der Waals surface area contributed by atoms with Crippen LogP contribution in [0.3, 0.4) is 0 Å². The Kier molecular flexibility index (Phi) is 7.00. The van der Waals surface area contributed by atoms with Crippen LogP contribution in [0.15, 0.2) is 127 Å². The highest BCUT2D eigenvalue weighted by Gasteiger charge is 2.61. The summed E-state index contributed by atoms with van der Waals surface area (Å²) in [5, 5.41) is 2.51. The molecule has 54 heavy (non-hydrogen) atoms. The maximum absolute atomic E-state index is 6.84. The van der Waals surface area contributed by atoms with E-state index >= 15 is 0 Å². The van der Waals surface area contributed by atoms with Crippen LogP contribution in [0, 0.1) is 23.7 Å². The van der Waals surface area contributed by atoms with E-state index < -0.39 is 0 Å². The van der Waals surface area contributed by atoms with Crippen molar-refractivity contribution < 1.29 is 4.74 Å². The molecule has 0 saturated heterocycles. The zero-order chi connectivity index (χ0) is 36.4. The number of para-hydroxylation sites is 1. The number of fused-ring (bicyclic) bond motifs is 4. The van der Waals surface area contributed by atoms with E-state index in [4.69, 9.17) is 4.74 Å². The lowest BCUT2D eigenvalue weighted by atomic mass is 9.42. The van der Waals surface area contributed by atoms with Gasteiger partial charge in [0.25, 0.3) is 0 Å². The summed E-state index contributed by atoms with van der Waals surface area (Å²) in [6.07, 6.45) is 9.27. The number of hydrogen-bond donors (Lipinski definition) is 0. The minimum absolute atomic E-state index is 0.00329. The lowest BCUT2D eigenvalue weighted by Crippen LogP contribution is -2.57. The highest BCUT2D eigenvalue weighted by molar-refractivity contribution is 5.99. The van der Waals surface area contributed by atoms with Crippen molar-refractivity contribution in [3.63, 3.8) is 0 Å². The third-order valence-corrected chi connectivity index (χ3v) is 15.0. The van der Waals surface area contributed by atoms with Crippen LogP contribution < -0.4 is 9.64 Å². The monoisotopic (exact) mass is 705 g/mol. The van der Waals surface area contributed by atoms with E-state index in [2.05, 4.69) is 160 Å². The fourth-order valence-electron chi connectivity index (χ4n) is 12.4. The van der Waals surface area contributed by atoms with Crippen molar-refractivity contribution in [1.82, 2.24) is 0 Å². The highest BCUT2D eigenvalue weighted by Crippen LogP contribution is 2.69. The van der Waals surface area contributed by atoms with Gasteiger partial charge < -0.3 is 9.64 Å². The Hall–Kier alpha value is -4.82. The SMILES string of the molecule is CC1(C)CCC(C)(C)c2cc(-c3ccc(N(c4ccc5c(c4)C4(c6ccccc6O5)C5CC6CC(C5)CC4C6)c4cccc5ccccc45)cc3)ccc21. The third kappa shape index (κ3) is 4.71. The summed E-state index contributed by atoms with van der Waals surface area (Å²) < 4.78 is 6.84. The average Bonchev–Trinajstić information content (AvgIpc) is 3.18. The molecule has 0 amide bonds. The largest absolute Gasteiger partial charge is 0.457 e. The molecule has 6 aromatic rings. The second-order valence-electron chi connectivity index (χ2n) is 18.9. The van der Waals surface area contributed by atoms with Crippen molar-refractivity contribution >= 4 is 27.8 Å². The Morgan fingerprint density at radius 1 is 0.500 bits per heavy atom. The molecule has 1 spiro atoms. The summed E-state index contributed by atoms with van der Waals surface area (Å²) in [7, 11) is 0. The van der Waals surface area contributed by atoms with Crippen molar-refractivity contribution in [3.05, 3.63) is 150 Å². The van der Waals surface area contributed by atoms with Gasteiger partial charge in [-0.15, -0.1) is 0 Å². The van der Waals surface area contributed by atoms with Crippen LogP contribution in [0.4, 0.5) is 17.1 Å². The second kappa shape index (κ2) is 11.6. The van der Waals surface area contributed by atoms with Gasteiger partial charge in [0.1, 0.15) is 11.5 Å². The summed E-state index contributed by atoms with van der Waals surface area (Å²) in [5.74, 6) is 5.21. The molecule has 2 nitrogen and oxygen atoms in total. The van der Waals surface area contributed by atoms with Gasteiger partial charge in [0.05, 0.1) is 5.69 Å². The first kappa shape index (κ1) is 32.6. The molecule has 12 rings (SSSR count). The van der Waals surface area contributed by atoms with Crippen LogP contribution in [0.1, 0.15) is 94.9 Å². The van der Waals surface area contributed by atoms with Gasteiger partial charge in [-0.1, -0.05) is 113 Å². The molecule has 0 aromatic heterocycles. The van der Waals surface area contributed by atoms with Gasteiger partial charge in [0.15, 0.2) is 0 Å². The second-order valence-corrected chi connectivity index (χ2v) is 18.9. The molecule has 2 heteroatoms. The zero-order valence-corrected chi connectivity index (χ0v) is 32.2. The molecule has 0 N–H and O–H groups in total. The lowest BCUT2D eigenvalue weighted by molar-refractivity contribution is -0.0452. The summed E-state index contributed by atoms with van der Waals surface area (Å²) in [4.78, 5) is 2.51. The van der Waals surface area contributed by atoms with Crippen LogP contribution in [0.25, 0.3) is 21.9 Å². The van der Waals surface area contributed by atoms with Crippen molar-refractivity contribution in [1.29, 1.82) is 0 Å². The van der Waals surface area contributed by atoms with Crippen molar-refractivity contribution in [2.24, 2.45) is 23.7 Å². The molecule has 1 aliphatic heterocycles. The third-order valence-electron chi connectivity index (χ3n) is 15.0. The maximum atomic E-state index is 6.84. The van der Waals surface area contributed by atoms with E-state index in [1.807, 2.05) is 0 Å². The number of nitrogens with zero attached hydrogens (tertiary/aromatic N) is 1. The molecule has 6 aromatic carbocycles. The molecular formula is C52H51NO. The van der Waals surface area contributed by atoms with Gasteiger partial charge in [0.2, 0.25) is 0 Å². The quantitative estimate of drug-likeness (QED) is 0.181. The molecule has 4 fully saturated rings. The number of hydrogen-bond acceptors (Lipinski definition) is 2. The Morgan fingerprint density at radius 2 is 1.13 bits per heavy atom. The lowest BCUT2D eigenvalue weighted by Gasteiger charge is -2.63. The van der Waals surface area contributed by atoms with Crippen molar-refractivity contribution in [2.75, 3.05) is 4.90 Å². The molecule has 4 saturated carbocycles. The Morgan fingerprint density at radius 3 is 1.91 bits per heavy atom. The average molecular weight is 706 g/mol. The van der Waals surface area contributed by atoms with Crippen LogP contribution in [-0.4, -0.2) is 0 Å². The molecule has 0 unspecified atom stereocenters. The van der Waals surface area contributed by atoms with Gasteiger partial charge in [-0.2, -0.15) is 0 Å². The Bertz CT molecular complexity index is 2420. The minimum Gasteiger partial charge on any atom is -0.457 e. The van der Waals surface area contributed by atoms with E-state index in [0.717, 1.165) is 23.3 Å². The van der Waals surface area contributed by atoms with Crippen LogP contribution in [-0.2, 0) is 16.2 Å². The van der Waals surface area contributed by atoms with E-state index in [1.54, 1.807) is 0 Å². The van der Waals surface area contributed by atoms with E-state index in [1.165, 1.54) is 106 Å². The zero-order valence-electron chi connectivity index (χ0n) is 32.2. The first-order valence-corrected chi connectivity index (χ1v) is 20.6. The molecule has 270 valence electrons. The predicted octanol–water partition coefficient (Wildman–Crippen LogP) is 14.2. The first-order valence-electron chi connectivity index (χ1n) is 20.6. The smallest absolute Gasteiger partial charge is 0.131 e. The van der Waals surface area contributed by atoms with Gasteiger partial charge >= 0.3 is 0 Å². The normalized spacial score (nSPS) is 26.5. The van der Waals surface area contributed by atoms with Crippen molar-refractivity contribution in [3.8, 4) is 22.6 Å². The highest BCUT2D eigenvalue weighted by atomic mass is 16.5. The Balaban J connectivity index is 1.07. The van der Waals surface area contributed by atoms with Gasteiger partial charge in [-0.25, -0.2) is 0 Å². The number of rotatable bonds is 4. The molecule has 4 bridgehead atoms. The topological polar surface area (TPSA) is 12.5 Å². The molecule has 5 aliphatic carbocycles. The minimum atomic E-state index is -0.00329. The summed E-state index contributed by atoms with van der Waals surface area (Å²) in [5.41, 5.74) is 12.4. The van der Waals surface area contributed by atoms with E-state index in [9.17, 15) is 0 Å². The summed E-state index contributed by atoms with van der Waals surface area (Å²) in [6.45, 7) is 9.67. The fraction of sp³-hybridized carbons (Fsp3) is 0.346. The molecular weight excluding hydrogens is 655 g/mol. The Labute approximate surface area is 321 Å². The number of benzene rings is 6. The summed E-state index contributed by atoms with van der Waals surface area (Å²) >= 11 is 0. The molecule has 0 atom stereocenters. The molecule has 6 aliphatic rings. The van der Waals surface area contributed by atoms with Crippen LogP contribution in [0.2, 0.25) is 0 Å². The van der Waals surface area contributed by atoms with Crippen LogP contribution in [0.5, 0.6) is 11.5 Å². The van der Waals surface area contributed by atoms with E-state index in [0.29, 0.717) is 11.8 Å². The van der Waals surface area contributed by atoms with Gasteiger partial charge in [-0.3, -0.25) is 0 Å². The van der Waals surface area contributed by atoms with Crippen LogP contribution >= 0.6 is 0 Å². The maximum Gasteiger partial charge on any atom is 0.131 e. The van der Waals surface area contributed by atoms with Gasteiger partial charge in [-0.05, 0) is 150 Å². The van der Waals surface area contributed by atoms with E-state index in [-0.39, 0.29) is 16.2 Å². The number of anilines is 3. The summed E-state index contributed by atoms with van der Waals surface area (Å²) in [6, 6.07) is 48.4. The van der Waals surface area contributed by atoms with Crippen molar-refractivity contribution in [2.45, 2.75) is 88.9 Å². The molecule has 1 heterocycles.